The van der Waals surface area contributed by atoms with Gasteiger partial charge in [0.25, 0.3) is 0 Å². The van der Waals surface area contributed by atoms with E-state index in [0.29, 0.717) is 6.54 Å². The van der Waals surface area contributed by atoms with E-state index in [1.165, 1.54) is 11.8 Å². The molecule has 100 valence electrons. The molecular weight excluding hydrogens is 238 g/mol. The molecule has 4 nitrogen and oxygen atoms in total. The number of hydrogen-bond donors (Lipinski definition) is 1. The van der Waals surface area contributed by atoms with Gasteiger partial charge in [-0.3, -0.25) is 4.57 Å². The molecule has 0 aliphatic carbocycles. The lowest BCUT2D eigenvalue weighted by Crippen LogP contribution is -2.31. The fraction of sp³-hybridized carbons (Fsp3) is 0.333. The third-order valence-corrected chi connectivity index (χ3v) is 3.00. The van der Waals surface area contributed by atoms with Gasteiger partial charge in [-0.1, -0.05) is 37.3 Å². The maximum Gasteiger partial charge on any atom is 0.347 e. The van der Waals surface area contributed by atoms with Crippen molar-refractivity contribution in [2.24, 2.45) is 0 Å². The molecule has 2 rings (SSSR count). The highest BCUT2D eigenvalue weighted by Gasteiger charge is 2.11. The number of benzene rings is 1. The van der Waals surface area contributed by atoms with Gasteiger partial charge in [0.2, 0.25) is 0 Å². The summed E-state index contributed by atoms with van der Waals surface area (Å²) in [5.74, 6) is 0. The van der Waals surface area contributed by atoms with Crippen molar-refractivity contribution in [1.82, 2.24) is 14.9 Å². The van der Waals surface area contributed by atoms with Gasteiger partial charge in [-0.05, 0) is 24.6 Å². The Balaban J connectivity index is 2.19. The Kier molecular flexibility index (Phi) is 4.86. The fourth-order valence-corrected chi connectivity index (χ4v) is 2.01. The van der Waals surface area contributed by atoms with Gasteiger partial charge in [0, 0.05) is 18.9 Å². The molecule has 2 aromatic rings. The van der Waals surface area contributed by atoms with Crippen LogP contribution < -0.4 is 11.0 Å². The summed E-state index contributed by atoms with van der Waals surface area (Å²) in [6.45, 7) is 3.65. The zero-order valence-electron chi connectivity index (χ0n) is 11.1. The minimum Gasteiger partial charge on any atom is -0.308 e. The predicted molar refractivity (Wildman–Crippen MR) is 76.0 cm³/mol. The van der Waals surface area contributed by atoms with Crippen molar-refractivity contribution in [3.8, 4) is 0 Å². The largest absolute Gasteiger partial charge is 0.347 e. The first kappa shape index (κ1) is 13.5. The molecule has 4 heteroatoms. The average Bonchev–Trinajstić information content (AvgIpc) is 2.46. The zero-order chi connectivity index (χ0) is 13.5. The van der Waals surface area contributed by atoms with Gasteiger partial charge >= 0.3 is 5.69 Å². The van der Waals surface area contributed by atoms with E-state index in [2.05, 4.69) is 29.4 Å². The minimum atomic E-state index is -0.207. The number of nitrogens with zero attached hydrogens (tertiary/aromatic N) is 2. The third-order valence-electron chi connectivity index (χ3n) is 3.00. The van der Waals surface area contributed by atoms with Crippen LogP contribution in [0.4, 0.5) is 0 Å². The Morgan fingerprint density at radius 3 is 2.74 bits per heavy atom. The van der Waals surface area contributed by atoms with Crippen LogP contribution in [0, 0.1) is 0 Å². The third kappa shape index (κ3) is 3.76. The second-order valence-electron chi connectivity index (χ2n) is 4.47. The topological polar surface area (TPSA) is 46.9 Å². The van der Waals surface area contributed by atoms with Crippen molar-refractivity contribution in [3.63, 3.8) is 0 Å². The number of nitrogens with one attached hydrogen (secondary N) is 1. The van der Waals surface area contributed by atoms with E-state index in [0.717, 1.165) is 13.0 Å². The van der Waals surface area contributed by atoms with E-state index < -0.39 is 0 Å². The molecule has 1 unspecified atom stereocenters. The highest BCUT2D eigenvalue weighted by Crippen LogP contribution is 2.14. The van der Waals surface area contributed by atoms with Crippen LogP contribution in [-0.2, 0) is 6.54 Å². The molecule has 0 saturated carbocycles. The maximum atomic E-state index is 11.7. The van der Waals surface area contributed by atoms with E-state index in [1.54, 1.807) is 16.8 Å². The van der Waals surface area contributed by atoms with E-state index in [1.807, 2.05) is 18.2 Å². The summed E-state index contributed by atoms with van der Waals surface area (Å²) in [6, 6.07) is 12.1. The summed E-state index contributed by atoms with van der Waals surface area (Å²) in [4.78, 5) is 15.5. The molecule has 0 spiro atoms. The molecule has 1 heterocycles. The van der Waals surface area contributed by atoms with E-state index >= 15 is 0 Å². The quantitative estimate of drug-likeness (QED) is 0.860. The van der Waals surface area contributed by atoms with Crippen molar-refractivity contribution >= 4 is 0 Å². The SMILES string of the molecule is CCCNC(Cn1cccnc1=O)c1ccccc1. The van der Waals surface area contributed by atoms with E-state index in [4.69, 9.17) is 0 Å². The summed E-state index contributed by atoms with van der Waals surface area (Å²) >= 11 is 0. The molecule has 1 aromatic carbocycles. The smallest absolute Gasteiger partial charge is 0.308 e. The van der Waals surface area contributed by atoms with Gasteiger partial charge in [0.05, 0.1) is 6.04 Å². The first-order valence-electron chi connectivity index (χ1n) is 6.61. The van der Waals surface area contributed by atoms with Gasteiger partial charge < -0.3 is 5.32 Å². The molecule has 1 aromatic heterocycles. The Labute approximate surface area is 113 Å². The molecule has 1 atom stereocenters. The van der Waals surface area contributed by atoms with Crippen molar-refractivity contribution in [2.45, 2.75) is 25.9 Å². The van der Waals surface area contributed by atoms with Crippen molar-refractivity contribution in [2.75, 3.05) is 6.54 Å². The zero-order valence-corrected chi connectivity index (χ0v) is 11.1. The second-order valence-corrected chi connectivity index (χ2v) is 4.47. The second kappa shape index (κ2) is 6.85. The van der Waals surface area contributed by atoms with Gasteiger partial charge in [-0.15, -0.1) is 0 Å². The molecule has 0 aliphatic rings. The van der Waals surface area contributed by atoms with Crippen molar-refractivity contribution in [1.29, 1.82) is 0 Å². The molecule has 0 aliphatic heterocycles. The first-order chi connectivity index (χ1) is 9.31. The maximum absolute atomic E-state index is 11.7. The summed E-state index contributed by atoms with van der Waals surface area (Å²) < 4.78 is 1.64. The van der Waals surface area contributed by atoms with Crippen LogP contribution in [0.25, 0.3) is 0 Å². The van der Waals surface area contributed by atoms with Crippen LogP contribution in [0.3, 0.4) is 0 Å². The van der Waals surface area contributed by atoms with Gasteiger partial charge in [-0.25, -0.2) is 9.78 Å². The molecule has 1 N–H and O–H groups in total. The molecule has 0 amide bonds. The molecule has 0 bridgehead atoms. The highest BCUT2D eigenvalue weighted by atomic mass is 16.1. The van der Waals surface area contributed by atoms with Gasteiger partial charge in [0.15, 0.2) is 0 Å². The predicted octanol–water partition coefficient (Wildman–Crippen LogP) is 1.98. The monoisotopic (exact) mass is 257 g/mol. The lowest BCUT2D eigenvalue weighted by atomic mass is 10.1. The lowest BCUT2D eigenvalue weighted by Gasteiger charge is -2.19. The van der Waals surface area contributed by atoms with Gasteiger partial charge in [0.1, 0.15) is 0 Å². The first-order valence-corrected chi connectivity index (χ1v) is 6.61. The van der Waals surface area contributed by atoms with E-state index in [9.17, 15) is 4.79 Å². The fourth-order valence-electron chi connectivity index (χ4n) is 2.01. The minimum absolute atomic E-state index is 0.128. The average molecular weight is 257 g/mol. The Morgan fingerprint density at radius 1 is 1.26 bits per heavy atom. The Bertz CT molecular complexity index is 551. The number of rotatable bonds is 6. The Hall–Kier alpha value is -1.94. The summed E-state index contributed by atoms with van der Waals surface area (Å²) in [7, 11) is 0. The van der Waals surface area contributed by atoms with Crippen LogP contribution in [0.5, 0.6) is 0 Å². The summed E-state index contributed by atoms with van der Waals surface area (Å²) in [6.07, 6.45) is 4.36. The standard InChI is InChI=1S/C15H19N3O/c1-2-9-16-14(13-7-4-3-5-8-13)12-18-11-6-10-17-15(18)19/h3-8,10-11,14,16H,2,9,12H2,1H3. The van der Waals surface area contributed by atoms with Gasteiger partial charge in [-0.2, -0.15) is 0 Å². The summed E-state index contributed by atoms with van der Waals surface area (Å²) in [5.41, 5.74) is 0.980. The van der Waals surface area contributed by atoms with Crippen LogP contribution in [0.15, 0.2) is 53.6 Å². The van der Waals surface area contributed by atoms with Crippen LogP contribution >= 0.6 is 0 Å². The molecule has 19 heavy (non-hydrogen) atoms. The molecule has 0 saturated heterocycles. The van der Waals surface area contributed by atoms with Crippen LogP contribution in [0.2, 0.25) is 0 Å². The van der Waals surface area contributed by atoms with E-state index in [-0.39, 0.29) is 11.7 Å². The van der Waals surface area contributed by atoms with Crippen LogP contribution in [-0.4, -0.2) is 16.1 Å². The number of aromatic nitrogens is 2. The normalized spacial score (nSPS) is 12.3. The van der Waals surface area contributed by atoms with Crippen molar-refractivity contribution in [3.05, 3.63) is 64.8 Å². The molecule has 0 radical (unpaired) electrons. The Morgan fingerprint density at radius 2 is 2.05 bits per heavy atom. The molecular formula is C15H19N3O. The van der Waals surface area contributed by atoms with Crippen molar-refractivity contribution < 1.29 is 0 Å². The molecule has 0 fully saturated rings. The highest BCUT2D eigenvalue weighted by molar-refractivity contribution is 5.18. The number of hydrogen-bond acceptors (Lipinski definition) is 3. The summed E-state index contributed by atoms with van der Waals surface area (Å²) in [5, 5.41) is 3.47. The van der Waals surface area contributed by atoms with Crippen LogP contribution in [0.1, 0.15) is 24.9 Å². The lowest BCUT2D eigenvalue weighted by molar-refractivity contribution is 0.452.